The summed E-state index contributed by atoms with van der Waals surface area (Å²) in [5, 5.41) is 0. The molecule has 1 aromatic carbocycles. The zero-order valence-electron chi connectivity index (χ0n) is 11.5. The Hall–Kier alpha value is -1.02. The highest BCUT2D eigenvalue weighted by Crippen LogP contribution is 2.32. The summed E-state index contributed by atoms with van der Waals surface area (Å²) in [6, 6.07) is 8.15. The molecule has 1 unspecified atom stereocenters. The van der Waals surface area contributed by atoms with Crippen LogP contribution < -0.4 is 10.5 Å². The SMILES string of the molecule is CCCOc1ccccc1C(N)CC(C)(C)C. The topological polar surface area (TPSA) is 35.2 Å². The Morgan fingerprint density at radius 2 is 1.88 bits per heavy atom. The fourth-order valence-electron chi connectivity index (χ4n) is 1.90. The Labute approximate surface area is 105 Å². The molecule has 2 nitrogen and oxygen atoms in total. The van der Waals surface area contributed by atoms with Gasteiger partial charge in [0, 0.05) is 11.6 Å². The quantitative estimate of drug-likeness (QED) is 0.839. The molecule has 0 radical (unpaired) electrons. The van der Waals surface area contributed by atoms with Crippen LogP contribution in [0.5, 0.6) is 5.75 Å². The normalized spacial score (nSPS) is 13.5. The van der Waals surface area contributed by atoms with Gasteiger partial charge in [0.2, 0.25) is 0 Å². The second-order valence-electron chi connectivity index (χ2n) is 5.76. The van der Waals surface area contributed by atoms with Gasteiger partial charge < -0.3 is 10.5 Å². The van der Waals surface area contributed by atoms with Crippen LogP contribution in [-0.4, -0.2) is 6.61 Å². The molecule has 2 N–H and O–H groups in total. The van der Waals surface area contributed by atoms with Crippen molar-refractivity contribution in [3.8, 4) is 5.75 Å². The number of hydrogen-bond donors (Lipinski definition) is 1. The summed E-state index contributed by atoms with van der Waals surface area (Å²) < 4.78 is 5.74. The molecule has 0 saturated heterocycles. The van der Waals surface area contributed by atoms with Gasteiger partial charge in [-0.05, 0) is 24.3 Å². The summed E-state index contributed by atoms with van der Waals surface area (Å²) in [6.07, 6.45) is 1.97. The van der Waals surface area contributed by atoms with Crippen LogP contribution in [0.25, 0.3) is 0 Å². The maximum atomic E-state index is 6.27. The number of para-hydroxylation sites is 1. The van der Waals surface area contributed by atoms with E-state index in [4.69, 9.17) is 10.5 Å². The fraction of sp³-hybridized carbons (Fsp3) is 0.600. The molecule has 1 aromatic rings. The first-order valence-electron chi connectivity index (χ1n) is 6.41. The maximum absolute atomic E-state index is 6.27. The molecule has 0 heterocycles. The second kappa shape index (κ2) is 6.06. The van der Waals surface area contributed by atoms with Crippen molar-refractivity contribution in [1.82, 2.24) is 0 Å². The predicted molar refractivity (Wildman–Crippen MR) is 73.2 cm³/mol. The Morgan fingerprint density at radius 1 is 1.24 bits per heavy atom. The van der Waals surface area contributed by atoms with Gasteiger partial charge in [-0.3, -0.25) is 0 Å². The van der Waals surface area contributed by atoms with Gasteiger partial charge in [0.1, 0.15) is 5.75 Å². The number of benzene rings is 1. The minimum Gasteiger partial charge on any atom is -0.493 e. The van der Waals surface area contributed by atoms with E-state index in [0.717, 1.165) is 30.8 Å². The van der Waals surface area contributed by atoms with Crippen LogP contribution >= 0.6 is 0 Å². The average molecular weight is 235 g/mol. The number of hydrogen-bond acceptors (Lipinski definition) is 2. The van der Waals surface area contributed by atoms with Gasteiger partial charge in [0.25, 0.3) is 0 Å². The first-order valence-corrected chi connectivity index (χ1v) is 6.41. The Balaban J connectivity index is 2.81. The first-order chi connectivity index (χ1) is 7.94. The van der Waals surface area contributed by atoms with Crippen molar-refractivity contribution in [2.75, 3.05) is 6.61 Å². The minimum absolute atomic E-state index is 0.0445. The van der Waals surface area contributed by atoms with Crippen molar-refractivity contribution in [1.29, 1.82) is 0 Å². The first kappa shape index (κ1) is 14.0. The summed E-state index contributed by atoms with van der Waals surface area (Å²) in [7, 11) is 0. The lowest BCUT2D eigenvalue weighted by atomic mass is 9.85. The lowest BCUT2D eigenvalue weighted by Crippen LogP contribution is -2.19. The van der Waals surface area contributed by atoms with Crippen molar-refractivity contribution in [2.45, 2.75) is 46.6 Å². The summed E-state index contributed by atoms with van der Waals surface area (Å²) in [4.78, 5) is 0. The lowest BCUT2D eigenvalue weighted by molar-refractivity contribution is 0.301. The van der Waals surface area contributed by atoms with Gasteiger partial charge in [0.15, 0.2) is 0 Å². The summed E-state index contributed by atoms with van der Waals surface area (Å²) in [6.45, 7) is 9.49. The zero-order chi connectivity index (χ0) is 12.9. The van der Waals surface area contributed by atoms with Gasteiger partial charge >= 0.3 is 0 Å². The molecule has 0 bridgehead atoms. The van der Waals surface area contributed by atoms with Crippen molar-refractivity contribution in [3.63, 3.8) is 0 Å². The molecule has 2 heteroatoms. The molecule has 0 spiro atoms. The Kier molecular flexibility index (Phi) is 5.01. The van der Waals surface area contributed by atoms with Crippen LogP contribution in [0.2, 0.25) is 0 Å². The average Bonchev–Trinajstić information content (AvgIpc) is 2.24. The number of nitrogens with two attached hydrogens (primary N) is 1. The van der Waals surface area contributed by atoms with Crippen LogP contribution in [0.3, 0.4) is 0 Å². The Bertz CT molecular complexity index is 341. The van der Waals surface area contributed by atoms with E-state index in [-0.39, 0.29) is 11.5 Å². The van der Waals surface area contributed by atoms with E-state index < -0.39 is 0 Å². The van der Waals surface area contributed by atoms with Crippen molar-refractivity contribution in [2.24, 2.45) is 11.1 Å². The largest absolute Gasteiger partial charge is 0.493 e. The molecule has 0 aliphatic carbocycles. The Morgan fingerprint density at radius 3 is 2.47 bits per heavy atom. The second-order valence-corrected chi connectivity index (χ2v) is 5.76. The molecular weight excluding hydrogens is 210 g/mol. The fourth-order valence-corrected chi connectivity index (χ4v) is 1.90. The van der Waals surface area contributed by atoms with E-state index in [1.165, 1.54) is 0 Å². The molecule has 1 atom stereocenters. The highest BCUT2D eigenvalue weighted by molar-refractivity contribution is 5.35. The maximum Gasteiger partial charge on any atom is 0.124 e. The molecule has 1 rings (SSSR count). The third kappa shape index (κ3) is 4.78. The third-order valence-electron chi connectivity index (χ3n) is 2.61. The van der Waals surface area contributed by atoms with E-state index in [9.17, 15) is 0 Å². The van der Waals surface area contributed by atoms with Crippen LogP contribution in [0, 0.1) is 5.41 Å². The van der Waals surface area contributed by atoms with Crippen LogP contribution in [0.4, 0.5) is 0 Å². The number of rotatable bonds is 5. The van der Waals surface area contributed by atoms with Crippen LogP contribution in [0.15, 0.2) is 24.3 Å². The summed E-state index contributed by atoms with van der Waals surface area (Å²) in [5.41, 5.74) is 7.63. The standard InChI is InChI=1S/C15H25NO/c1-5-10-17-14-9-7-6-8-12(14)13(16)11-15(2,3)4/h6-9,13H,5,10-11,16H2,1-4H3. The van der Waals surface area contributed by atoms with Crippen molar-refractivity contribution in [3.05, 3.63) is 29.8 Å². The molecule has 0 fully saturated rings. The van der Waals surface area contributed by atoms with Crippen LogP contribution in [0.1, 0.15) is 52.1 Å². The van der Waals surface area contributed by atoms with Crippen molar-refractivity contribution < 1.29 is 4.74 Å². The van der Waals surface area contributed by atoms with E-state index in [1.54, 1.807) is 0 Å². The highest BCUT2D eigenvalue weighted by Gasteiger charge is 2.19. The van der Waals surface area contributed by atoms with E-state index in [2.05, 4.69) is 33.8 Å². The van der Waals surface area contributed by atoms with E-state index >= 15 is 0 Å². The molecule has 0 aliphatic rings. The van der Waals surface area contributed by atoms with Gasteiger partial charge in [-0.15, -0.1) is 0 Å². The van der Waals surface area contributed by atoms with Crippen molar-refractivity contribution >= 4 is 0 Å². The molecular formula is C15H25NO. The monoisotopic (exact) mass is 235 g/mol. The van der Waals surface area contributed by atoms with E-state index in [0.29, 0.717) is 0 Å². The summed E-state index contributed by atoms with van der Waals surface area (Å²) >= 11 is 0. The molecule has 0 amide bonds. The summed E-state index contributed by atoms with van der Waals surface area (Å²) in [5.74, 6) is 0.936. The van der Waals surface area contributed by atoms with E-state index in [1.807, 2.05) is 18.2 Å². The highest BCUT2D eigenvalue weighted by atomic mass is 16.5. The lowest BCUT2D eigenvalue weighted by Gasteiger charge is -2.24. The third-order valence-corrected chi connectivity index (χ3v) is 2.61. The number of ether oxygens (including phenoxy) is 1. The van der Waals surface area contributed by atoms with Gasteiger partial charge in [-0.25, -0.2) is 0 Å². The smallest absolute Gasteiger partial charge is 0.124 e. The molecule has 0 aliphatic heterocycles. The van der Waals surface area contributed by atoms with Crippen LogP contribution in [-0.2, 0) is 0 Å². The molecule has 0 saturated carbocycles. The van der Waals surface area contributed by atoms with Gasteiger partial charge in [0.05, 0.1) is 6.61 Å². The zero-order valence-corrected chi connectivity index (χ0v) is 11.5. The predicted octanol–water partition coefficient (Wildman–Crippen LogP) is 3.91. The molecule has 17 heavy (non-hydrogen) atoms. The van der Waals surface area contributed by atoms with Gasteiger partial charge in [-0.1, -0.05) is 45.9 Å². The molecule has 0 aromatic heterocycles. The van der Waals surface area contributed by atoms with Gasteiger partial charge in [-0.2, -0.15) is 0 Å². The molecule has 96 valence electrons. The minimum atomic E-state index is 0.0445.